The number of anilines is 1. The zero-order valence-corrected chi connectivity index (χ0v) is 10.2. The Bertz CT molecular complexity index is 618. The maximum Gasteiger partial charge on any atom is 0.327 e. The van der Waals surface area contributed by atoms with E-state index in [1.165, 1.54) is 0 Å². The predicted octanol–water partition coefficient (Wildman–Crippen LogP) is -0.112. The van der Waals surface area contributed by atoms with Crippen molar-refractivity contribution in [2.24, 2.45) is 0 Å². The van der Waals surface area contributed by atoms with Crippen molar-refractivity contribution < 1.29 is 9.90 Å². The number of aliphatic carboxylic acids is 1. The van der Waals surface area contributed by atoms with Crippen LogP contribution < -0.4 is 10.2 Å². The van der Waals surface area contributed by atoms with Crippen LogP contribution >= 0.6 is 0 Å². The minimum absolute atomic E-state index is 0.412. The largest absolute Gasteiger partial charge is 0.480 e. The molecule has 98 valence electrons. The van der Waals surface area contributed by atoms with E-state index in [1.54, 1.807) is 23.4 Å². The molecule has 0 radical (unpaired) electrons. The van der Waals surface area contributed by atoms with Gasteiger partial charge >= 0.3 is 5.97 Å². The Labute approximate surface area is 109 Å². The Balaban J connectivity index is 1.99. The number of fused-ring (bicyclic) bond motifs is 1. The van der Waals surface area contributed by atoms with Gasteiger partial charge < -0.3 is 15.3 Å². The standard InChI is InChI=1S/C12H13N5O2/c18-12(19)9-7-13-5-6-17(9)10-2-1-8-11(16-10)15-4-3-14-8/h1-4,9,13H,5-7H2,(H,18,19). The molecule has 1 saturated heterocycles. The second-order valence-electron chi connectivity index (χ2n) is 4.32. The van der Waals surface area contributed by atoms with Gasteiger partial charge in [0, 0.05) is 32.0 Å². The number of pyridine rings is 1. The molecule has 2 aromatic rings. The normalized spacial score (nSPS) is 19.6. The van der Waals surface area contributed by atoms with Gasteiger partial charge in [0.2, 0.25) is 0 Å². The summed E-state index contributed by atoms with van der Waals surface area (Å²) in [7, 11) is 0. The highest BCUT2D eigenvalue weighted by Gasteiger charge is 2.29. The fourth-order valence-corrected chi connectivity index (χ4v) is 2.20. The molecule has 2 N–H and O–H groups in total. The van der Waals surface area contributed by atoms with Gasteiger partial charge in [-0.1, -0.05) is 0 Å². The van der Waals surface area contributed by atoms with Crippen molar-refractivity contribution in [2.45, 2.75) is 6.04 Å². The number of aromatic nitrogens is 3. The van der Waals surface area contributed by atoms with E-state index in [1.807, 2.05) is 6.07 Å². The highest BCUT2D eigenvalue weighted by molar-refractivity contribution is 5.79. The molecule has 1 unspecified atom stereocenters. The third-order valence-corrected chi connectivity index (χ3v) is 3.14. The first-order chi connectivity index (χ1) is 9.25. The molecule has 0 aromatic carbocycles. The Morgan fingerprint density at radius 2 is 2.21 bits per heavy atom. The maximum absolute atomic E-state index is 11.3. The van der Waals surface area contributed by atoms with Crippen LogP contribution in [0.2, 0.25) is 0 Å². The van der Waals surface area contributed by atoms with E-state index < -0.39 is 12.0 Å². The van der Waals surface area contributed by atoms with Crippen molar-refractivity contribution in [1.29, 1.82) is 0 Å². The predicted molar refractivity (Wildman–Crippen MR) is 69.0 cm³/mol. The maximum atomic E-state index is 11.3. The van der Waals surface area contributed by atoms with Crippen LogP contribution in [0.4, 0.5) is 5.82 Å². The number of carbonyl (C=O) groups is 1. The molecule has 0 amide bonds. The van der Waals surface area contributed by atoms with E-state index in [-0.39, 0.29) is 0 Å². The molecule has 19 heavy (non-hydrogen) atoms. The number of piperazine rings is 1. The zero-order valence-electron chi connectivity index (χ0n) is 10.2. The summed E-state index contributed by atoms with van der Waals surface area (Å²) in [6.07, 6.45) is 3.18. The summed E-state index contributed by atoms with van der Waals surface area (Å²) in [5.74, 6) is -0.227. The van der Waals surface area contributed by atoms with Gasteiger partial charge in [0.05, 0.1) is 0 Å². The summed E-state index contributed by atoms with van der Waals surface area (Å²) < 4.78 is 0. The summed E-state index contributed by atoms with van der Waals surface area (Å²) in [5, 5.41) is 12.3. The van der Waals surface area contributed by atoms with Crippen molar-refractivity contribution in [3.05, 3.63) is 24.5 Å². The summed E-state index contributed by atoms with van der Waals surface area (Å²) in [6.45, 7) is 1.76. The van der Waals surface area contributed by atoms with E-state index in [0.717, 1.165) is 6.54 Å². The highest BCUT2D eigenvalue weighted by atomic mass is 16.4. The van der Waals surface area contributed by atoms with Crippen molar-refractivity contribution in [2.75, 3.05) is 24.5 Å². The van der Waals surface area contributed by atoms with Crippen molar-refractivity contribution in [3.63, 3.8) is 0 Å². The molecule has 3 rings (SSSR count). The quantitative estimate of drug-likeness (QED) is 0.777. The van der Waals surface area contributed by atoms with Crippen molar-refractivity contribution >= 4 is 23.0 Å². The van der Waals surface area contributed by atoms with Crippen LogP contribution in [0.3, 0.4) is 0 Å². The molecule has 1 aliphatic heterocycles. The molecule has 0 spiro atoms. The van der Waals surface area contributed by atoms with Crippen LogP contribution in [0.1, 0.15) is 0 Å². The lowest BCUT2D eigenvalue weighted by molar-refractivity contribution is -0.138. The SMILES string of the molecule is O=C(O)C1CNCCN1c1ccc2nccnc2n1. The molecule has 2 aromatic heterocycles. The van der Waals surface area contributed by atoms with Gasteiger partial charge in [0.25, 0.3) is 0 Å². The molecule has 0 saturated carbocycles. The zero-order chi connectivity index (χ0) is 13.2. The third-order valence-electron chi connectivity index (χ3n) is 3.14. The Hall–Kier alpha value is -2.28. The van der Waals surface area contributed by atoms with Gasteiger partial charge in [0.15, 0.2) is 5.65 Å². The first kappa shape index (κ1) is 11.8. The molecular formula is C12H13N5O2. The fourth-order valence-electron chi connectivity index (χ4n) is 2.20. The molecule has 7 heteroatoms. The number of hydrogen-bond donors (Lipinski definition) is 2. The van der Waals surface area contributed by atoms with Gasteiger partial charge in [-0.25, -0.2) is 14.8 Å². The average molecular weight is 259 g/mol. The summed E-state index contributed by atoms with van der Waals surface area (Å²) in [4.78, 5) is 25.7. The fraction of sp³-hybridized carbons (Fsp3) is 0.333. The van der Waals surface area contributed by atoms with Gasteiger partial charge in [-0.3, -0.25) is 4.98 Å². The van der Waals surface area contributed by atoms with E-state index in [9.17, 15) is 9.90 Å². The molecule has 7 nitrogen and oxygen atoms in total. The van der Waals surface area contributed by atoms with Gasteiger partial charge in [0.1, 0.15) is 17.4 Å². The number of nitrogens with one attached hydrogen (secondary N) is 1. The van der Waals surface area contributed by atoms with E-state index in [0.29, 0.717) is 30.1 Å². The van der Waals surface area contributed by atoms with E-state index >= 15 is 0 Å². The minimum atomic E-state index is -0.853. The lowest BCUT2D eigenvalue weighted by Gasteiger charge is -2.34. The van der Waals surface area contributed by atoms with Gasteiger partial charge in [-0.15, -0.1) is 0 Å². The van der Waals surface area contributed by atoms with Crippen molar-refractivity contribution in [3.8, 4) is 0 Å². The van der Waals surface area contributed by atoms with E-state index in [2.05, 4.69) is 20.3 Å². The second kappa shape index (κ2) is 4.77. The first-order valence-corrected chi connectivity index (χ1v) is 6.03. The Morgan fingerprint density at radius 3 is 3.05 bits per heavy atom. The smallest absolute Gasteiger partial charge is 0.327 e. The monoisotopic (exact) mass is 259 g/mol. The molecule has 1 fully saturated rings. The van der Waals surface area contributed by atoms with Crippen LogP contribution in [0.15, 0.2) is 24.5 Å². The van der Waals surface area contributed by atoms with Gasteiger partial charge in [-0.2, -0.15) is 0 Å². The Morgan fingerprint density at radius 1 is 1.37 bits per heavy atom. The lowest BCUT2D eigenvalue weighted by atomic mass is 10.2. The van der Waals surface area contributed by atoms with Crippen molar-refractivity contribution in [1.82, 2.24) is 20.3 Å². The number of carboxylic acids is 1. The highest BCUT2D eigenvalue weighted by Crippen LogP contribution is 2.18. The van der Waals surface area contributed by atoms with Crippen LogP contribution in [0, 0.1) is 0 Å². The average Bonchev–Trinajstić information content (AvgIpc) is 2.46. The van der Waals surface area contributed by atoms with E-state index in [4.69, 9.17) is 0 Å². The molecule has 1 atom stereocenters. The molecule has 0 aliphatic carbocycles. The minimum Gasteiger partial charge on any atom is -0.480 e. The summed E-state index contributed by atoms with van der Waals surface area (Å²) in [5.41, 5.74) is 1.23. The summed E-state index contributed by atoms with van der Waals surface area (Å²) in [6, 6.07) is 3.00. The number of nitrogens with zero attached hydrogens (tertiary/aromatic N) is 4. The lowest BCUT2D eigenvalue weighted by Crippen LogP contribution is -2.55. The number of rotatable bonds is 2. The molecular weight excluding hydrogens is 246 g/mol. The van der Waals surface area contributed by atoms with Crippen LogP contribution in [0.25, 0.3) is 11.2 Å². The van der Waals surface area contributed by atoms with Gasteiger partial charge in [-0.05, 0) is 12.1 Å². The number of carboxylic acid groups (broad SMARTS) is 1. The van der Waals surface area contributed by atoms with Crippen LogP contribution in [0.5, 0.6) is 0 Å². The molecule has 0 bridgehead atoms. The summed E-state index contributed by atoms with van der Waals surface area (Å²) >= 11 is 0. The first-order valence-electron chi connectivity index (χ1n) is 6.03. The topological polar surface area (TPSA) is 91.2 Å². The van der Waals surface area contributed by atoms with Crippen LogP contribution in [-0.2, 0) is 4.79 Å². The molecule has 3 heterocycles. The number of hydrogen-bond acceptors (Lipinski definition) is 6. The van der Waals surface area contributed by atoms with Crippen LogP contribution in [-0.4, -0.2) is 51.7 Å². The Kier molecular flexibility index (Phi) is 2.96. The second-order valence-corrected chi connectivity index (χ2v) is 4.32. The third kappa shape index (κ3) is 2.19. The molecule has 1 aliphatic rings.